The lowest BCUT2D eigenvalue weighted by atomic mass is 10.2. The fraction of sp³-hybridized carbons (Fsp3) is 0.158. The van der Waals surface area contributed by atoms with Crippen molar-refractivity contribution in [1.82, 2.24) is 9.97 Å². The summed E-state index contributed by atoms with van der Waals surface area (Å²) in [4.78, 5) is 8.91. The van der Waals surface area contributed by atoms with E-state index in [1.165, 1.54) is 6.07 Å². The van der Waals surface area contributed by atoms with Gasteiger partial charge in [-0.1, -0.05) is 29.8 Å². The van der Waals surface area contributed by atoms with Crippen molar-refractivity contribution >= 4 is 11.6 Å². The summed E-state index contributed by atoms with van der Waals surface area (Å²) in [6.07, 6.45) is 0. The highest BCUT2D eigenvalue weighted by Crippen LogP contribution is 2.25. The summed E-state index contributed by atoms with van der Waals surface area (Å²) >= 11 is 6.02. The van der Waals surface area contributed by atoms with Gasteiger partial charge in [-0.15, -0.1) is 0 Å². The van der Waals surface area contributed by atoms with Crippen LogP contribution in [0.2, 0.25) is 5.02 Å². The van der Waals surface area contributed by atoms with Gasteiger partial charge in [0.15, 0.2) is 17.5 Å². The summed E-state index contributed by atoms with van der Waals surface area (Å²) in [5, 5.41) is 0.587. The number of rotatable bonds is 4. The van der Waals surface area contributed by atoms with Crippen molar-refractivity contribution in [1.29, 1.82) is 0 Å². The molecule has 0 fully saturated rings. The van der Waals surface area contributed by atoms with E-state index in [9.17, 15) is 8.78 Å². The van der Waals surface area contributed by atoms with Crippen LogP contribution in [0.25, 0.3) is 11.4 Å². The molecule has 0 saturated carbocycles. The molecule has 0 atom stereocenters. The first-order chi connectivity index (χ1) is 11.9. The van der Waals surface area contributed by atoms with Gasteiger partial charge in [-0.2, -0.15) is 4.98 Å². The Labute approximate surface area is 149 Å². The maximum atomic E-state index is 13.3. The zero-order valence-electron chi connectivity index (χ0n) is 13.7. The van der Waals surface area contributed by atoms with Crippen molar-refractivity contribution in [3.8, 4) is 17.3 Å². The highest BCUT2D eigenvalue weighted by atomic mass is 35.5. The lowest BCUT2D eigenvalue weighted by Gasteiger charge is -2.12. The topological polar surface area (TPSA) is 35.0 Å². The number of hydrogen-bond donors (Lipinski definition) is 0. The zero-order valence-corrected chi connectivity index (χ0v) is 14.4. The molecule has 0 amide bonds. The highest BCUT2D eigenvalue weighted by Gasteiger charge is 2.12. The van der Waals surface area contributed by atoms with Gasteiger partial charge in [-0.3, -0.25) is 0 Å². The van der Waals surface area contributed by atoms with Crippen molar-refractivity contribution in [3.63, 3.8) is 0 Å². The van der Waals surface area contributed by atoms with Gasteiger partial charge in [-0.05, 0) is 43.7 Å². The molecular weight excluding hydrogens is 346 g/mol. The van der Waals surface area contributed by atoms with Gasteiger partial charge in [0.25, 0.3) is 0 Å². The molecule has 0 N–H and O–H groups in total. The van der Waals surface area contributed by atoms with Crippen LogP contribution in [-0.4, -0.2) is 9.97 Å². The summed E-state index contributed by atoms with van der Waals surface area (Å²) in [5.41, 5.74) is 2.84. The lowest BCUT2D eigenvalue weighted by Crippen LogP contribution is -2.04. The number of benzene rings is 2. The third kappa shape index (κ3) is 3.94. The van der Waals surface area contributed by atoms with Crippen LogP contribution in [0.3, 0.4) is 0 Å². The normalized spacial score (nSPS) is 10.8. The van der Waals surface area contributed by atoms with Crippen LogP contribution in [0.15, 0.2) is 42.5 Å². The van der Waals surface area contributed by atoms with E-state index in [1.54, 1.807) is 12.1 Å². The molecule has 128 valence electrons. The molecule has 2 aromatic carbocycles. The highest BCUT2D eigenvalue weighted by molar-refractivity contribution is 6.30. The fourth-order valence-electron chi connectivity index (χ4n) is 2.28. The molecule has 0 saturated heterocycles. The average Bonchev–Trinajstić information content (AvgIpc) is 2.59. The van der Waals surface area contributed by atoms with E-state index in [0.717, 1.165) is 29.0 Å². The van der Waals surface area contributed by atoms with Crippen molar-refractivity contribution in [2.75, 3.05) is 0 Å². The van der Waals surface area contributed by atoms with Crippen LogP contribution < -0.4 is 4.74 Å². The smallest absolute Gasteiger partial charge is 0.220 e. The van der Waals surface area contributed by atoms with Gasteiger partial charge in [0.1, 0.15) is 6.61 Å². The van der Waals surface area contributed by atoms with Crippen LogP contribution >= 0.6 is 11.6 Å². The molecule has 1 heterocycles. The molecule has 6 heteroatoms. The van der Waals surface area contributed by atoms with Gasteiger partial charge in [0.05, 0.1) is 0 Å². The molecule has 3 nitrogen and oxygen atoms in total. The molecular formula is C19H15ClF2N2O. The molecule has 3 aromatic rings. The third-order valence-electron chi connectivity index (χ3n) is 3.79. The van der Waals surface area contributed by atoms with E-state index >= 15 is 0 Å². The van der Waals surface area contributed by atoms with Gasteiger partial charge in [0.2, 0.25) is 5.88 Å². The predicted octanol–water partition coefficient (Wildman–Crippen LogP) is 5.27. The maximum Gasteiger partial charge on any atom is 0.220 e. The van der Waals surface area contributed by atoms with Gasteiger partial charge >= 0.3 is 0 Å². The summed E-state index contributed by atoms with van der Waals surface area (Å²) in [5.74, 6) is -0.907. The number of aryl methyl sites for hydroxylation is 1. The van der Waals surface area contributed by atoms with E-state index in [2.05, 4.69) is 9.97 Å². The lowest BCUT2D eigenvalue weighted by molar-refractivity contribution is 0.290. The minimum atomic E-state index is -0.906. The summed E-state index contributed by atoms with van der Waals surface area (Å²) in [7, 11) is 0. The van der Waals surface area contributed by atoms with Crippen molar-refractivity contribution in [2.45, 2.75) is 20.5 Å². The van der Waals surface area contributed by atoms with Crippen molar-refractivity contribution in [2.24, 2.45) is 0 Å². The molecule has 0 aliphatic heterocycles. The number of nitrogens with zero attached hydrogens (tertiary/aromatic N) is 2. The second-order valence-electron chi connectivity index (χ2n) is 5.61. The van der Waals surface area contributed by atoms with Crippen LogP contribution in [0.4, 0.5) is 8.78 Å². The Kier molecular flexibility index (Phi) is 4.95. The maximum absolute atomic E-state index is 13.3. The Morgan fingerprint density at radius 3 is 2.52 bits per heavy atom. The second-order valence-corrected chi connectivity index (χ2v) is 6.05. The van der Waals surface area contributed by atoms with E-state index in [0.29, 0.717) is 22.3 Å². The molecule has 0 aliphatic rings. The standard InChI is InChI=1S/C19H15ClF2N2O/c1-11-12(2)23-18(14-4-3-5-15(20)9-14)24-19(11)25-10-13-6-7-16(21)17(22)8-13/h3-9H,10H2,1-2H3. The Balaban J connectivity index is 1.89. The van der Waals surface area contributed by atoms with Crippen LogP contribution in [0.5, 0.6) is 5.88 Å². The zero-order chi connectivity index (χ0) is 18.0. The molecule has 1 aromatic heterocycles. The minimum absolute atomic E-state index is 0.0729. The van der Waals surface area contributed by atoms with Crippen LogP contribution in [0.1, 0.15) is 16.8 Å². The largest absolute Gasteiger partial charge is 0.473 e. The SMILES string of the molecule is Cc1nc(-c2cccc(Cl)c2)nc(OCc2ccc(F)c(F)c2)c1C. The molecule has 0 radical (unpaired) electrons. The van der Waals surface area contributed by atoms with Crippen LogP contribution in [-0.2, 0) is 6.61 Å². The van der Waals surface area contributed by atoms with Crippen LogP contribution in [0, 0.1) is 25.5 Å². The van der Waals surface area contributed by atoms with Gasteiger partial charge in [-0.25, -0.2) is 13.8 Å². The number of aromatic nitrogens is 2. The minimum Gasteiger partial charge on any atom is -0.473 e. The molecule has 3 rings (SSSR count). The molecule has 0 bridgehead atoms. The van der Waals surface area contributed by atoms with E-state index < -0.39 is 11.6 Å². The van der Waals surface area contributed by atoms with E-state index in [1.807, 2.05) is 26.0 Å². The van der Waals surface area contributed by atoms with Gasteiger partial charge in [0, 0.05) is 21.8 Å². The molecule has 0 unspecified atom stereocenters. The third-order valence-corrected chi connectivity index (χ3v) is 4.02. The second kappa shape index (κ2) is 7.15. The molecule has 0 aliphatic carbocycles. The Hall–Kier alpha value is -2.53. The monoisotopic (exact) mass is 360 g/mol. The summed E-state index contributed by atoms with van der Waals surface area (Å²) in [6.45, 7) is 3.77. The number of ether oxygens (including phenoxy) is 1. The Morgan fingerprint density at radius 2 is 1.80 bits per heavy atom. The first-order valence-electron chi connectivity index (χ1n) is 7.62. The fourth-order valence-corrected chi connectivity index (χ4v) is 2.47. The molecule has 0 spiro atoms. The predicted molar refractivity (Wildman–Crippen MR) is 92.6 cm³/mol. The van der Waals surface area contributed by atoms with E-state index in [4.69, 9.17) is 16.3 Å². The van der Waals surface area contributed by atoms with E-state index in [-0.39, 0.29) is 6.61 Å². The number of halogens is 3. The molecule has 25 heavy (non-hydrogen) atoms. The first kappa shape index (κ1) is 17.3. The Morgan fingerprint density at radius 1 is 1.00 bits per heavy atom. The van der Waals surface area contributed by atoms with Crippen molar-refractivity contribution < 1.29 is 13.5 Å². The quantitative estimate of drug-likeness (QED) is 0.635. The Bertz CT molecular complexity index is 931. The first-order valence-corrected chi connectivity index (χ1v) is 8.00. The van der Waals surface area contributed by atoms with Crippen molar-refractivity contribution in [3.05, 3.63) is 75.9 Å². The van der Waals surface area contributed by atoms with Gasteiger partial charge < -0.3 is 4.74 Å². The summed E-state index contributed by atoms with van der Waals surface area (Å²) in [6, 6.07) is 10.9. The summed E-state index contributed by atoms with van der Waals surface area (Å²) < 4.78 is 32.0. The number of hydrogen-bond acceptors (Lipinski definition) is 3. The average molecular weight is 361 g/mol.